The van der Waals surface area contributed by atoms with E-state index in [1.807, 2.05) is 84.4 Å². The van der Waals surface area contributed by atoms with Crippen molar-refractivity contribution in [3.8, 4) is 34.6 Å². The highest BCUT2D eigenvalue weighted by molar-refractivity contribution is 5.68. The maximum absolute atomic E-state index is 6.49. The van der Waals surface area contributed by atoms with E-state index in [1.54, 1.807) is 18.0 Å². The van der Waals surface area contributed by atoms with Crippen LogP contribution in [0.25, 0.3) is 22.7 Å². The van der Waals surface area contributed by atoms with E-state index in [9.17, 15) is 0 Å². The fraction of sp³-hybridized carbons (Fsp3) is 0.103. The lowest BCUT2D eigenvalue weighted by Gasteiger charge is -2.26. The molecule has 0 saturated carbocycles. The number of nitrogens with zero attached hydrogens (tertiary/aromatic N) is 6. The smallest absolute Gasteiger partial charge is 0.230 e. The van der Waals surface area contributed by atoms with E-state index in [-0.39, 0.29) is 5.92 Å². The summed E-state index contributed by atoms with van der Waals surface area (Å²) in [5.41, 5.74) is 6.30. The topological polar surface area (TPSA) is 79.4 Å². The van der Waals surface area contributed by atoms with Crippen molar-refractivity contribution in [2.24, 2.45) is 0 Å². The van der Waals surface area contributed by atoms with Crippen molar-refractivity contribution in [1.82, 2.24) is 29.4 Å². The van der Waals surface area contributed by atoms with Crippen molar-refractivity contribution in [3.05, 3.63) is 114 Å². The van der Waals surface area contributed by atoms with E-state index in [1.165, 1.54) is 0 Å². The van der Waals surface area contributed by atoms with Crippen LogP contribution in [0.5, 0.6) is 17.5 Å². The largest absolute Gasteiger partial charge is 0.497 e. The van der Waals surface area contributed by atoms with Crippen LogP contribution in [0, 0.1) is 6.92 Å². The lowest BCUT2D eigenvalue weighted by molar-refractivity contribution is 0.402. The monoisotopic (exact) mass is 486 g/mol. The molecule has 0 N–H and O–H groups in total. The molecule has 3 aromatic heterocycles. The second-order valence-electron chi connectivity index (χ2n) is 8.89. The minimum atomic E-state index is -0.217. The third-order valence-electron chi connectivity index (χ3n) is 6.70. The van der Waals surface area contributed by atoms with Gasteiger partial charge in [-0.15, -0.1) is 5.10 Å². The van der Waals surface area contributed by atoms with Gasteiger partial charge in [-0.05, 0) is 36.8 Å². The number of hydrogen-bond acceptors (Lipinski definition) is 6. The Hall–Kier alpha value is -4.98. The summed E-state index contributed by atoms with van der Waals surface area (Å²) in [5, 5.41) is 9.61. The van der Waals surface area contributed by atoms with Crippen molar-refractivity contribution >= 4 is 5.65 Å². The number of hydrogen-bond donors (Lipinski definition) is 0. The second-order valence-corrected chi connectivity index (χ2v) is 8.89. The number of methoxy groups -OCH3 is 1. The Morgan fingerprint density at radius 2 is 1.57 bits per heavy atom. The van der Waals surface area contributed by atoms with Gasteiger partial charge >= 0.3 is 0 Å². The first-order chi connectivity index (χ1) is 18.2. The number of rotatable bonds is 4. The average molecular weight is 487 g/mol. The molecule has 37 heavy (non-hydrogen) atoms. The SMILES string of the molecule is COc1ccc(C2c3c(C)nn(-c4ccccc4)c3Oc3ncn4nc(-c5ccccc5)nc4c32)cc1. The summed E-state index contributed by atoms with van der Waals surface area (Å²) in [4.78, 5) is 9.63. The molecule has 0 bridgehead atoms. The molecule has 4 heterocycles. The normalized spacial score (nSPS) is 14.2. The zero-order valence-electron chi connectivity index (χ0n) is 20.2. The summed E-state index contributed by atoms with van der Waals surface area (Å²) in [6.07, 6.45) is 1.65. The van der Waals surface area contributed by atoms with E-state index in [2.05, 4.69) is 17.1 Å². The van der Waals surface area contributed by atoms with Crippen LogP contribution >= 0.6 is 0 Å². The summed E-state index contributed by atoms with van der Waals surface area (Å²) < 4.78 is 15.5. The summed E-state index contributed by atoms with van der Waals surface area (Å²) in [7, 11) is 1.67. The van der Waals surface area contributed by atoms with Gasteiger partial charge in [0.15, 0.2) is 11.5 Å². The van der Waals surface area contributed by atoms with Crippen LogP contribution in [0.15, 0.2) is 91.3 Å². The molecule has 8 heteroatoms. The first kappa shape index (κ1) is 21.3. The van der Waals surface area contributed by atoms with Crippen LogP contribution in [0.4, 0.5) is 0 Å². The molecule has 0 saturated heterocycles. The molecule has 1 aliphatic heterocycles. The minimum absolute atomic E-state index is 0.217. The van der Waals surface area contributed by atoms with E-state index in [0.717, 1.165) is 39.4 Å². The van der Waals surface area contributed by atoms with E-state index < -0.39 is 0 Å². The van der Waals surface area contributed by atoms with E-state index in [0.29, 0.717) is 23.2 Å². The van der Waals surface area contributed by atoms with Crippen molar-refractivity contribution < 1.29 is 9.47 Å². The molecule has 0 spiro atoms. The first-order valence-electron chi connectivity index (χ1n) is 12.0. The molecule has 180 valence electrons. The fourth-order valence-electron chi connectivity index (χ4n) is 4.96. The molecule has 0 amide bonds. The van der Waals surface area contributed by atoms with Gasteiger partial charge in [0.2, 0.25) is 11.8 Å². The maximum atomic E-state index is 6.49. The Kier molecular flexibility index (Phi) is 4.78. The van der Waals surface area contributed by atoms with Gasteiger partial charge in [0, 0.05) is 5.56 Å². The van der Waals surface area contributed by atoms with Gasteiger partial charge in [0.1, 0.15) is 12.1 Å². The zero-order chi connectivity index (χ0) is 24.9. The van der Waals surface area contributed by atoms with Gasteiger partial charge in [-0.1, -0.05) is 60.7 Å². The number of ether oxygens (including phenoxy) is 2. The third kappa shape index (κ3) is 3.37. The maximum Gasteiger partial charge on any atom is 0.230 e. The molecular weight excluding hydrogens is 464 g/mol. The highest BCUT2D eigenvalue weighted by Gasteiger charge is 2.38. The van der Waals surface area contributed by atoms with Gasteiger partial charge in [-0.25, -0.2) is 19.2 Å². The van der Waals surface area contributed by atoms with Crippen molar-refractivity contribution in [2.75, 3.05) is 7.11 Å². The van der Waals surface area contributed by atoms with Crippen molar-refractivity contribution in [2.45, 2.75) is 12.8 Å². The number of fused-ring (bicyclic) bond motifs is 4. The number of aryl methyl sites for hydroxylation is 1. The molecule has 6 aromatic rings. The predicted octanol–water partition coefficient (Wildman–Crippen LogP) is 5.58. The van der Waals surface area contributed by atoms with Crippen LogP contribution in [0.2, 0.25) is 0 Å². The van der Waals surface area contributed by atoms with Crippen molar-refractivity contribution in [1.29, 1.82) is 0 Å². The number of aromatic nitrogens is 6. The molecule has 0 radical (unpaired) electrons. The molecule has 3 aromatic carbocycles. The van der Waals surface area contributed by atoms with Gasteiger partial charge in [-0.3, -0.25) is 0 Å². The Bertz CT molecular complexity index is 1740. The van der Waals surface area contributed by atoms with Gasteiger partial charge in [0.25, 0.3) is 0 Å². The highest BCUT2D eigenvalue weighted by Crippen LogP contribution is 2.49. The van der Waals surface area contributed by atoms with Gasteiger partial charge < -0.3 is 9.47 Å². The molecule has 0 fully saturated rings. The Morgan fingerprint density at radius 3 is 2.30 bits per heavy atom. The molecule has 8 nitrogen and oxygen atoms in total. The standard InChI is InChI=1S/C29H22N6O2/c1-18-23-24(19-13-15-22(36-2)16-14-19)25-27-31-26(20-9-5-3-6-10-20)33-34(27)17-30-28(25)37-29(23)35(32-18)21-11-7-4-8-12-21/h3-17,24H,1-2H3. The summed E-state index contributed by atoms with van der Waals surface area (Å²) in [5.74, 6) is 2.35. The highest BCUT2D eigenvalue weighted by atomic mass is 16.5. The Balaban J connectivity index is 1.49. The predicted molar refractivity (Wildman–Crippen MR) is 139 cm³/mol. The fourth-order valence-corrected chi connectivity index (χ4v) is 4.96. The number of benzene rings is 3. The lowest BCUT2D eigenvalue weighted by Crippen LogP contribution is -2.16. The number of para-hydroxylation sites is 1. The van der Waals surface area contributed by atoms with Crippen LogP contribution in [0.1, 0.15) is 28.3 Å². The molecule has 1 unspecified atom stereocenters. The molecule has 1 atom stereocenters. The van der Waals surface area contributed by atoms with Crippen LogP contribution in [-0.2, 0) is 0 Å². The van der Waals surface area contributed by atoms with E-state index in [4.69, 9.17) is 24.7 Å². The van der Waals surface area contributed by atoms with Gasteiger partial charge in [-0.2, -0.15) is 5.10 Å². The molecular formula is C29H22N6O2. The van der Waals surface area contributed by atoms with Crippen LogP contribution in [0.3, 0.4) is 0 Å². The van der Waals surface area contributed by atoms with E-state index >= 15 is 0 Å². The molecule has 0 aliphatic carbocycles. The summed E-state index contributed by atoms with van der Waals surface area (Å²) in [6.45, 7) is 2.01. The van der Waals surface area contributed by atoms with Crippen LogP contribution in [-0.4, -0.2) is 36.5 Å². The van der Waals surface area contributed by atoms with Crippen LogP contribution < -0.4 is 9.47 Å². The second kappa shape index (κ2) is 8.30. The minimum Gasteiger partial charge on any atom is -0.497 e. The quantitative estimate of drug-likeness (QED) is 0.323. The lowest BCUT2D eigenvalue weighted by atomic mass is 9.84. The molecule has 7 rings (SSSR count). The summed E-state index contributed by atoms with van der Waals surface area (Å²) in [6, 6.07) is 28.0. The van der Waals surface area contributed by atoms with Gasteiger partial charge in [0.05, 0.1) is 35.5 Å². The summed E-state index contributed by atoms with van der Waals surface area (Å²) >= 11 is 0. The third-order valence-corrected chi connectivity index (χ3v) is 6.70. The average Bonchev–Trinajstić information content (AvgIpc) is 3.54. The Labute approximate surface area is 212 Å². The van der Waals surface area contributed by atoms with Crippen molar-refractivity contribution in [3.63, 3.8) is 0 Å². The molecule has 1 aliphatic rings. The zero-order valence-corrected chi connectivity index (χ0v) is 20.2. The first-order valence-corrected chi connectivity index (χ1v) is 12.0. The Morgan fingerprint density at radius 1 is 0.838 bits per heavy atom.